The highest BCUT2D eigenvalue weighted by atomic mass is 35.5. The van der Waals surface area contributed by atoms with Crippen molar-refractivity contribution in [2.45, 2.75) is 19.3 Å². The van der Waals surface area contributed by atoms with Gasteiger partial charge in [-0.2, -0.15) is 0 Å². The van der Waals surface area contributed by atoms with E-state index in [9.17, 15) is 4.39 Å². The van der Waals surface area contributed by atoms with Gasteiger partial charge in [0.25, 0.3) is 0 Å². The van der Waals surface area contributed by atoms with E-state index >= 15 is 0 Å². The minimum atomic E-state index is -0.190. The van der Waals surface area contributed by atoms with Crippen LogP contribution in [0.4, 0.5) is 4.39 Å². The lowest BCUT2D eigenvalue weighted by molar-refractivity contribution is 0.182. The minimum Gasteiger partial charge on any atom is -0.330 e. The van der Waals surface area contributed by atoms with Crippen LogP contribution in [0, 0.1) is 17.7 Å². The summed E-state index contributed by atoms with van der Waals surface area (Å²) < 4.78 is 13.5. The quantitative estimate of drug-likeness (QED) is 0.844. The van der Waals surface area contributed by atoms with Gasteiger partial charge in [-0.05, 0) is 49.8 Å². The number of hydrogen-bond acceptors (Lipinski definition) is 1. The Labute approximate surface area is 94.4 Å². The molecule has 0 aliphatic heterocycles. The molecule has 1 aliphatic rings. The van der Waals surface area contributed by atoms with Gasteiger partial charge in [0.15, 0.2) is 0 Å². The molecular formula is C12H15ClFN. The summed E-state index contributed by atoms with van der Waals surface area (Å²) in [6.45, 7) is 0.705. The van der Waals surface area contributed by atoms with Gasteiger partial charge in [0.1, 0.15) is 5.82 Å². The van der Waals surface area contributed by atoms with Crippen LogP contribution in [0.5, 0.6) is 0 Å². The molecule has 0 heterocycles. The molecule has 82 valence electrons. The van der Waals surface area contributed by atoms with Crippen LogP contribution in [0.15, 0.2) is 18.2 Å². The van der Waals surface area contributed by atoms with E-state index in [1.54, 1.807) is 12.1 Å². The molecule has 0 aromatic heterocycles. The Morgan fingerprint density at radius 3 is 2.60 bits per heavy atom. The molecule has 0 bridgehead atoms. The van der Waals surface area contributed by atoms with E-state index in [-0.39, 0.29) is 5.82 Å². The average Bonchev–Trinajstić information content (AvgIpc) is 2.16. The second-order valence-electron chi connectivity index (χ2n) is 4.24. The van der Waals surface area contributed by atoms with E-state index in [0.29, 0.717) is 29.0 Å². The zero-order valence-corrected chi connectivity index (χ0v) is 9.30. The van der Waals surface area contributed by atoms with E-state index < -0.39 is 0 Å². The highest BCUT2D eigenvalue weighted by Gasteiger charge is 2.30. The van der Waals surface area contributed by atoms with Crippen LogP contribution >= 0.6 is 11.6 Å². The Morgan fingerprint density at radius 1 is 1.33 bits per heavy atom. The Hall–Kier alpha value is -0.600. The van der Waals surface area contributed by atoms with E-state index in [1.165, 1.54) is 12.5 Å². The monoisotopic (exact) mass is 227 g/mol. The molecule has 2 N–H and O–H groups in total. The molecule has 2 atom stereocenters. The smallest absolute Gasteiger partial charge is 0.127 e. The number of benzene rings is 1. The SMILES string of the molecule is NCC1CCC1Cc1c(F)cccc1Cl. The van der Waals surface area contributed by atoms with Crippen LogP contribution in [-0.2, 0) is 6.42 Å². The predicted octanol–water partition coefficient (Wildman–Crippen LogP) is 3.01. The fourth-order valence-corrected chi connectivity index (χ4v) is 2.45. The van der Waals surface area contributed by atoms with Gasteiger partial charge in [0.2, 0.25) is 0 Å². The lowest BCUT2D eigenvalue weighted by Crippen LogP contribution is -2.33. The molecule has 2 rings (SSSR count). The first kappa shape index (κ1) is 10.9. The molecule has 15 heavy (non-hydrogen) atoms. The van der Waals surface area contributed by atoms with Crippen LogP contribution in [0.2, 0.25) is 5.02 Å². The third-order valence-corrected chi connectivity index (χ3v) is 3.76. The van der Waals surface area contributed by atoms with Gasteiger partial charge in [-0.15, -0.1) is 0 Å². The topological polar surface area (TPSA) is 26.0 Å². The maximum atomic E-state index is 13.5. The fraction of sp³-hybridized carbons (Fsp3) is 0.500. The van der Waals surface area contributed by atoms with E-state index in [0.717, 1.165) is 12.8 Å². The minimum absolute atomic E-state index is 0.190. The Balaban J connectivity index is 2.10. The number of halogens is 2. The highest BCUT2D eigenvalue weighted by Crippen LogP contribution is 2.37. The van der Waals surface area contributed by atoms with Crippen LogP contribution in [0.25, 0.3) is 0 Å². The normalized spacial score (nSPS) is 25.0. The van der Waals surface area contributed by atoms with Crippen molar-refractivity contribution in [2.75, 3.05) is 6.54 Å². The molecule has 0 amide bonds. The molecule has 0 radical (unpaired) electrons. The van der Waals surface area contributed by atoms with Gasteiger partial charge >= 0.3 is 0 Å². The lowest BCUT2D eigenvalue weighted by atomic mass is 9.71. The molecule has 1 aromatic rings. The molecule has 1 nitrogen and oxygen atoms in total. The second-order valence-corrected chi connectivity index (χ2v) is 4.64. The summed E-state index contributed by atoms with van der Waals surface area (Å²) in [7, 11) is 0. The van der Waals surface area contributed by atoms with Gasteiger partial charge in [0.05, 0.1) is 0 Å². The van der Waals surface area contributed by atoms with Gasteiger partial charge in [-0.25, -0.2) is 4.39 Å². The molecule has 1 saturated carbocycles. The zero-order chi connectivity index (χ0) is 10.8. The number of rotatable bonds is 3. The predicted molar refractivity (Wildman–Crippen MR) is 60.4 cm³/mol. The summed E-state index contributed by atoms with van der Waals surface area (Å²) in [5, 5.41) is 0.540. The van der Waals surface area contributed by atoms with Crippen molar-refractivity contribution in [1.82, 2.24) is 0 Å². The zero-order valence-electron chi connectivity index (χ0n) is 8.55. The maximum Gasteiger partial charge on any atom is 0.127 e. The molecule has 2 unspecified atom stereocenters. The average molecular weight is 228 g/mol. The number of nitrogens with two attached hydrogens (primary N) is 1. The van der Waals surface area contributed by atoms with Crippen molar-refractivity contribution in [1.29, 1.82) is 0 Å². The fourth-order valence-electron chi connectivity index (χ4n) is 2.21. The third-order valence-electron chi connectivity index (χ3n) is 3.41. The molecule has 1 aliphatic carbocycles. The molecule has 0 saturated heterocycles. The summed E-state index contributed by atoms with van der Waals surface area (Å²) in [5.74, 6) is 0.884. The molecule has 1 aromatic carbocycles. The van der Waals surface area contributed by atoms with Crippen LogP contribution in [0.1, 0.15) is 18.4 Å². The van der Waals surface area contributed by atoms with Crippen molar-refractivity contribution in [3.63, 3.8) is 0 Å². The Kier molecular flexibility index (Phi) is 3.27. The number of hydrogen-bond donors (Lipinski definition) is 1. The largest absolute Gasteiger partial charge is 0.330 e. The highest BCUT2D eigenvalue weighted by molar-refractivity contribution is 6.31. The first-order valence-corrected chi connectivity index (χ1v) is 5.73. The maximum absolute atomic E-state index is 13.5. The van der Waals surface area contributed by atoms with E-state index in [2.05, 4.69) is 0 Å². The standard InChI is InChI=1S/C12H15ClFN/c13-11-2-1-3-12(14)10(11)6-8-4-5-9(8)7-15/h1-3,8-9H,4-7,15H2. The Bertz CT molecular complexity index is 331. The van der Waals surface area contributed by atoms with Crippen LogP contribution in [-0.4, -0.2) is 6.54 Å². The van der Waals surface area contributed by atoms with Gasteiger partial charge < -0.3 is 5.73 Å². The van der Waals surface area contributed by atoms with Crippen molar-refractivity contribution >= 4 is 11.6 Å². The summed E-state index contributed by atoms with van der Waals surface area (Å²) in [6.07, 6.45) is 3.05. The van der Waals surface area contributed by atoms with Crippen molar-refractivity contribution < 1.29 is 4.39 Å². The van der Waals surface area contributed by atoms with Gasteiger partial charge in [-0.1, -0.05) is 17.7 Å². The first-order valence-electron chi connectivity index (χ1n) is 5.35. The first-order chi connectivity index (χ1) is 7.22. The second kappa shape index (κ2) is 4.50. The van der Waals surface area contributed by atoms with Crippen LogP contribution < -0.4 is 5.73 Å². The lowest BCUT2D eigenvalue weighted by Gasteiger charge is -2.36. The van der Waals surface area contributed by atoms with Crippen molar-refractivity contribution in [3.05, 3.63) is 34.6 Å². The summed E-state index contributed by atoms with van der Waals surface area (Å²) in [5.41, 5.74) is 6.28. The van der Waals surface area contributed by atoms with Crippen LogP contribution in [0.3, 0.4) is 0 Å². The summed E-state index contributed by atoms with van der Waals surface area (Å²) >= 11 is 5.97. The van der Waals surface area contributed by atoms with Crippen molar-refractivity contribution in [3.8, 4) is 0 Å². The van der Waals surface area contributed by atoms with Gasteiger partial charge in [0, 0.05) is 10.6 Å². The molecule has 3 heteroatoms. The summed E-state index contributed by atoms with van der Waals surface area (Å²) in [6, 6.07) is 4.86. The van der Waals surface area contributed by atoms with Crippen molar-refractivity contribution in [2.24, 2.45) is 17.6 Å². The van der Waals surface area contributed by atoms with E-state index in [1.807, 2.05) is 0 Å². The molecule has 0 spiro atoms. The Morgan fingerprint density at radius 2 is 2.07 bits per heavy atom. The molecular weight excluding hydrogens is 213 g/mol. The van der Waals surface area contributed by atoms with E-state index in [4.69, 9.17) is 17.3 Å². The summed E-state index contributed by atoms with van der Waals surface area (Å²) in [4.78, 5) is 0. The molecule has 1 fully saturated rings. The van der Waals surface area contributed by atoms with Gasteiger partial charge in [-0.3, -0.25) is 0 Å². The third kappa shape index (κ3) is 2.16.